The van der Waals surface area contributed by atoms with Gasteiger partial charge < -0.3 is 0 Å². The van der Waals surface area contributed by atoms with Crippen LogP contribution >= 0.6 is 11.3 Å². The summed E-state index contributed by atoms with van der Waals surface area (Å²) in [6, 6.07) is 15.8. The average molecular weight is 264 g/mol. The molecular formula is C18H16S. The zero-order valence-electron chi connectivity index (χ0n) is 11.2. The summed E-state index contributed by atoms with van der Waals surface area (Å²) in [6.07, 6.45) is 1.19. The van der Waals surface area contributed by atoms with Crippen LogP contribution in [0.1, 0.15) is 28.8 Å². The molecular weight excluding hydrogens is 248 g/mol. The zero-order valence-corrected chi connectivity index (χ0v) is 12.1. The van der Waals surface area contributed by atoms with E-state index < -0.39 is 0 Å². The Morgan fingerprint density at radius 3 is 2.84 bits per heavy atom. The maximum atomic E-state index is 2.34. The third-order valence-corrected chi connectivity index (χ3v) is 5.36. The number of hydrogen-bond acceptors (Lipinski definition) is 1. The van der Waals surface area contributed by atoms with Crippen LogP contribution in [0.25, 0.3) is 21.2 Å². The van der Waals surface area contributed by atoms with E-state index in [0.717, 1.165) is 0 Å². The second-order valence-corrected chi connectivity index (χ2v) is 6.73. The molecule has 2 aromatic carbocycles. The molecule has 0 nitrogen and oxygen atoms in total. The molecule has 1 aliphatic rings. The first-order valence-corrected chi connectivity index (χ1v) is 7.67. The summed E-state index contributed by atoms with van der Waals surface area (Å²) in [4.78, 5) is 1.56. The molecule has 0 aliphatic heterocycles. The molecule has 0 bridgehead atoms. The van der Waals surface area contributed by atoms with E-state index in [2.05, 4.69) is 56.3 Å². The van der Waals surface area contributed by atoms with Gasteiger partial charge in [0.1, 0.15) is 0 Å². The van der Waals surface area contributed by atoms with Crippen LogP contribution in [-0.2, 0) is 6.42 Å². The smallest absolute Gasteiger partial charge is 0.0352 e. The van der Waals surface area contributed by atoms with Crippen molar-refractivity contribution < 1.29 is 0 Å². The standard InChI is InChI=1S/C18H16S/c1-11-7-8-16-15(9-11)18-14-6-4-3-5-13(14)12(2)10-17(18)19-16/h3-9,12H,10H2,1-2H3. The predicted molar refractivity (Wildman–Crippen MR) is 84.1 cm³/mol. The fourth-order valence-corrected chi connectivity index (χ4v) is 4.57. The van der Waals surface area contributed by atoms with E-state index in [1.807, 2.05) is 11.3 Å². The van der Waals surface area contributed by atoms with Crippen molar-refractivity contribution in [2.75, 3.05) is 0 Å². The molecule has 4 rings (SSSR count). The SMILES string of the molecule is Cc1ccc2sc3c(c2c1)-c1ccccc1C(C)C3. The van der Waals surface area contributed by atoms with Crippen LogP contribution in [0.15, 0.2) is 42.5 Å². The van der Waals surface area contributed by atoms with Gasteiger partial charge in [-0.05, 0) is 42.5 Å². The minimum Gasteiger partial charge on any atom is -0.140 e. The second-order valence-electron chi connectivity index (χ2n) is 5.59. The van der Waals surface area contributed by atoms with Crippen LogP contribution in [0, 0.1) is 6.92 Å². The van der Waals surface area contributed by atoms with Gasteiger partial charge in [-0.25, -0.2) is 0 Å². The summed E-state index contributed by atoms with van der Waals surface area (Å²) < 4.78 is 1.43. The highest BCUT2D eigenvalue weighted by Gasteiger charge is 2.25. The summed E-state index contributed by atoms with van der Waals surface area (Å²) in [5.41, 5.74) is 5.81. The third kappa shape index (κ3) is 1.58. The maximum absolute atomic E-state index is 2.34. The normalized spacial score (nSPS) is 17.3. The Kier molecular flexibility index (Phi) is 2.33. The van der Waals surface area contributed by atoms with Crippen LogP contribution in [-0.4, -0.2) is 0 Å². The maximum Gasteiger partial charge on any atom is 0.0352 e. The molecule has 0 saturated heterocycles. The van der Waals surface area contributed by atoms with E-state index in [1.54, 1.807) is 4.88 Å². The summed E-state index contributed by atoms with van der Waals surface area (Å²) >= 11 is 1.98. The van der Waals surface area contributed by atoms with Crippen LogP contribution in [0.5, 0.6) is 0 Å². The molecule has 1 aromatic heterocycles. The van der Waals surface area contributed by atoms with E-state index in [0.29, 0.717) is 5.92 Å². The molecule has 0 saturated carbocycles. The average Bonchev–Trinajstić information content (AvgIpc) is 2.76. The Morgan fingerprint density at radius 2 is 1.95 bits per heavy atom. The van der Waals surface area contributed by atoms with Gasteiger partial charge in [-0.1, -0.05) is 42.8 Å². The number of aryl methyl sites for hydroxylation is 1. The summed E-state index contributed by atoms with van der Waals surface area (Å²) in [5.74, 6) is 0.637. The fraction of sp³-hybridized carbons (Fsp3) is 0.222. The molecule has 1 unspecified atom stereocenters. The number of hydrogen-bond donors (Lipinski definition) is 0. The second kappa shape index (κ2) is 3.94. The zero-order chi connectivity index (χ0) is 13.0. The van der Waals surface area contributed by atoms with Gasteiger partial charge in [0, 0.05) is 20.5 Å². The summed E-state index contributed by atoms with van der Waals surface area (Å²) in [6.45, 7) is 4.53. The molecule has 0 radical (unpaired) electrons. The van der Waals surface area contributed by atoms with Gasteiger partial charge in [0.25, 0.3) is 0 Å². The molecule has 94 valence electrons. The van der Waals surface area contributed by atoms with Gasteiger partial charge >= 0.3 is 0 Å². The molecule has 0 fully saturated rings. The van der Waals surface area contributed by atoms with Crippen LogP contribution in [0.4, 0.5) is 0 Å². The molecule has 3 aromatic rings. The molecule has 1 aliphatic carbocycles. The molecule has 1 heteroatoms. The molecule has 1 heterocycles. The summed E-state index contributed by atoms with van der Waals surface area (Å²) in [5, 5.41) is 1.44. The van der Waals surface area contributed by atoms with Crippen LogP contribution in [0.2, 0.25) is 0 Å². The van der Waals surface area contributed by atoms with Crippen LogP contribution < -0.4 is 0 Å². The molecule has 0 amide bonds. The minimum absolute atomic E-state index is 0.637. The Balaban J connectivity index is 2.12. The monoisotopic (exact) mass is 264 g/mol. The lowest BCUT2D eigenvalue weighted by Gasteiger charge is -2.22. The highest BCUT2D eigenvalue weighted by molar-refractivity contribution is 7.19. The number of rotatable bonds is 0. The van der Waals surface area contributed by atoms with Gasteiger partial charge in [-0.2, -0.15) is 0 Å². The van der Waals surface area contributed by atoms with Gasteiger partial charge in [-0.3, -0.25) is 0 Å². The molecule has 0 spiro atoms. The van der Waals surface area contributed by atoms with Crippen molar-refractivity contribution >= 4 is 21.4 Å². The first-order chi connectivity index (χ1) is 9.24. The highest BCUT2D eigenvalue weighted by Crippen LogP contribution is 2.47. The Bertz CT molecular complexity index is 779. The van der Waals surface area contributed by atoms with Crippen molar-refractivity contribution in [3.8, 4) is 11.1 Å². The number of thiophene rings is 1. The van der Waals surface area contributed by atoms with Crippen molar-refractivity contribution in [3.05, 3.63) is 58.5 Å². The first-order valence-electron chi connectivity index (χ1n) is 6.85. The van der Waals surface area contributed by atoms with Crippen LogP contribution in [0.3, 0.4) is 0 Å². The highest BCUT2D eigenvalue weighted by atomic mass is 32.1. The van der Waals surface area contributed by atoms with Gasteiger partial charge in [0.05, 0.1) is 0 Å². The van der Waals surface area contributed by atoms with Crippen molar-refractivity contribution in [2.24, 2.45) is 0 Å². The predicted octanol–water partition coefficient (Wildman–Crippen LogP) is 5.54. The number of fused-ring (bicyclic) bond motifs is 5. The lowest BCUT2D eigenvalue weighted by molar-refractivity contribution is 0.760. The van der Waals surface area contributed by atoms with E-state index >= 15 is 0 Å². The van der Waals surface area contributed by atoms with E-state index in [-0.39, 0.29) is 0 Å². The van der Waals surface area contributed by atoms with E-state index in [9.17, 15) is 0 Å². The largest absolute Gasteiger partial charge is 0.140 e. The molecule has 1 atom stereocenters. The Hall–Kier alpha value is -1.60. The molecule has 19 heavy (non-hydrogen) atoms. The minimum atomic E-state index is 0.637. The van der Waals surface area contributed by atoms with Crippen molar-refractivity contribution in [3.63, 3.8) is 0 Å². The summed E-state index contributed by atoms with van der Waals surface area (Å²) in [7, 11) is 0. The fourth-order valence-electron chi connectivity index (χ4n) is 3.24. The Labute approximate surface area is 117 Å². The number of benzene rings is 2. The lowest BCUT2D eigenvalue weighted by Crippen LogP contribution is -2.05. The van der Waals surface area contributed by atoms with Gasteiger partial charge in [0.15, 0.2) is 0 Å². The van der Waals surface area contributed by atoms with Gasteiger partial charge in [-0.15, -0.1) is 11.3 Å². The van der Waals surface area contributed by atoms with Crippen molar-refractivity contribution in [2.45, 2.75) is 26.2 Å². The Morgan fingerprint density at radius 1 is 1.11 bits per heavy atom. The molecule has 0 N–H and O–H groups in total. The first kappa shape index (κ1) is 11.2. The lowest BCUT2D eigenvalue weighted by atomic mass is 9.82. The van der Waals surface area contributed by atoms with Crippen molar-refractivity contribution in [1.82, 2.24) is 0 Å². The quantitative estimate of drug-likeness (QED) is 0.500. The topological polar surface area (TPSA) is 0 Å². The van der Waals surface area contributed by atoms with E-state index in [1.165, 1.54) is 38.8 Å². The van der Waals surface area contributed by atoms with Crippen molar-refractivity contribution in [1.29, 1.82) is 0 Å². The van der Waals surface area contributed by atoms with Gasteiger partial charge in [0.2, 0.25) is 0 Å². The third-order valence-electron chi connectivity index (χ3n) is 4.17. The van der Waals surface area contributed by atoms with E-state index in [4.69, 9.17) is 0 Å².